The maximum absolute atomic E-state index is 3.68. The molecule has 0 aromatic rings. The zero-order valence-electron chi connectivity index (χ0n) is 13.4. The van der Waals surface area contributed by atoms with E-state index in [4.69, 9.17) is 0 Å². The lowest BCUT2D eigenvalue weighted by Gasteiger charge is -2.26. The van der Waals surface area contributed by atoms with Gasteiger partial charge in [0.05, 0.1) is 0 Å². The van der Waals surface area contributed by atoms with Gasteiger partial charge in [-0.05, 0) is 83.6 Å². The predicted molar refractivity (Wildman–Crippen MR) is 87.9 cm³/mol. The topological polar surface area (TPSA) is 15.3 Å². The Balaban J connectivity index is 1.33. The lowest BCUT2D eigenvalue weighted by atomic mass is 9.89. The highest BCUT2D eigenvalue weighted by molar-refractivity contribution is 4.76. The second kappa shape index (κ2) is 10.6. The molecule has 2 heteroatoms. The molecule has 1 aliphatic carbocycles. The van der Waals surface area contributed by atoms with Gasteiger partial charge in [0.15, 0.2) is 0 Å². The van der Waals surface area contributed by atoms with E-state index < -0.39 is 0 Å². The Morgan fingerprint density at radius 2 is 1.65 bits per heavy atom. The number of likely N-dealkylation sites (tertiary alicyclic amines) is 1. The van der Waals surface area contributed by atoms with E-state index >= 15 is 0 Å². The van der Waals surface area contributed by atoms with Gasteiger partial charge in [-0.2, -0.15) is 0 Å². The normalized spacial score (nSPS) is 22.2. The highest BCUT2D eigenvalue weighted by Crippen LogP contribution is 2.22. The summed E-state index contributed by atoms with van der Waals surface area (Å²) < 4.78 is 0. The van der Waals surface area contributed by atoms with Crippen molar-refractivity contribution < 1.29 is 0 Å². The van der Waals surface area contributed by atoms with E-state index in [9.17, 15) is 0 Å². The zero-order valence-corrected chi connectivity index (χ0v) is 13.4. The number of unbranched alkanes of at least 4 members (excludes halogenated alkanes) is 3. The summed E-state index contributed by atoms with van der Waals surface area (Å²) in [6, 6.07) is 0. The first kappa shape index (κ1) is 16.3. The summed E-state index contributed by atoms with van der Waals surface area (Å²) >= 11 is 0. The van der Waals surface area contributed by atoms with Crippen LogP contribution in [0.1, 0.15) is 70.6 Å². The van der Waals surface area contributed by atoms with Crippen LogP contribution >= 0.6 is 0 Å². The Kier molecular flexibility index (Phi) is 8.65. The van der Waals surface area contributed by atoms with Crippen LogP contribution in [0.15, 0.2) is 0 Å². The number of nitrogens with one attached hydrogen (secondary N) is 1. The van der Waals surface area contributed by atoms with Crippen LogP contribution in [0.5, 0.6) is 0 Å². The van der Waals surface area contributed by atoms with Crippen LogP contribution in [-0.4, -0.2) is 37.6 Å². The highest BCUT2D eigenvalue weighted by atomic mass is 15.1. The van der Waals surface area contributed by atoms with Crippen LogP contribution in [0.25, 0.3) is 0 Å². The molecular formula is C18H35N2. The molecule has 1 radical (unpaired) electrons. The summed E-state index contributed by atoms with van der Waals surface area (Å²) in [4.78, 5) is 2.64. The fourth-order valence-corrected chi connectivity index (χ4v) is 3.66. The third kappa shape index (κ3) is 7.08. The fourth-order valence-electron chi connectivity index (χ4n) is 3.66. The van der Waals surface area contributed by atoms with Gasteiger partial charge in [0, 0.05) is 0 Å². The van der Waals surface area contributed by atoms with Crippen LogP contribution in [0.4, 0.5) is 0 Å². The van der Waals surface area contributed by atoms with Gasteiger partial charge < -0.3 is 10.2 Å². The molecule has 2 aliphatic rings. The van der Waals surface area contributed by atoms with Crippen LogP contribution < -0.4 is 5.32 Å². The first-order valence-electron chi connectivity index (χ1n) is 9.20. The smallest absolute Gasteiger partial charge is 0.00160 e. The van der Waals surface area contributed by atoms with Gasteiger partial charge in [-0.25, -0.2) is 0 Å². The molecule has 2 nitrogen and oxygen atoms in total. The number of nitrogens with zero attached hydrogens (tertiary/aromatic N) is 1. The van der Waals surface area contributed by atoms with Crippen LogP contribution in [0, 0.1) is 12.3 Å². The number of hydrogen-bond acceptors (Lipinski definition) is 2. The second-order valence-corrected chi connectivity index (χ2v) is 6.83. The monoisotopic (exact) mass is 279 g/mol. The van der Waals surface area contributed by atoms with E-state index in [1.165, 1.54) is 103 Å². The lowest BCUT2D eigenvalue weighted by Crippen LogP contribution is -2.30. The Morgan fingerprint density at radius 1 is 0.900 bits per heavy atom. The molecule has 1 saturated heterocycles. The van der Waals surface area contributed by atoms with Gasteiger partial charge in [-0.1, -0.05) is 32.1 Å². The molecule has 20 heavy (non-hydrogen) atoms. The quantitative estimate of drug-likeness (QED) is 0.641. The molecule has 0 atom stereocenters. The van der Waals surface area contributed by atoms with Crippen LogP contribution in [-0.2, 0) is 0 Å². The molecule has 0 spiro atoms. The molecule has 0 aromatic heterocycles. The molecule has 0 aromatic carbocycles. The number of rotatable bonds is 9. The first-order valence-corrected chi connectivity index (χ1v) is 9.20. The maximum atomic E-state index is 3.68. The van der Waals surface area contributed by atoms with E-state index in [0.717, 1.165) is 5.92 Å². The van der Waals surface area contributed by atoms with Gasteiger partial charge in [-0.15, -0.1) is 0 Å². The van der Waals surface area contributed by atoms with E-state index in [1.54, 1.807) is 0 Å². The third-order valence-electron chi connectivity index (χ3n) is 5.03. The van der Waals surface area contributed by atoms with E-state index in [2.05, 4.69) is 16.6 Å². The molecular weight excluding hydrogens is 244 g/mol. The van der Waals surface area contributed by atoms with E-state index in [-0.39, 0.29) is 0 Å². The van der Waals surface area contributed by atoms with Crippen LogP contribution in [0.3, 0.4) is 0 Å². The summed E-state index contributed by atoms with van der Waals surface area (Å²) in [6.45, 7) is 6.48. The lowest BCUT2D eigenvalue weighted by molar-refractivity contribution is 0.248. The Morgan fingerprint density at radius 3 is 2.45 bits per heavy atom. The molecule has 1 heterocycles. The van der Waals surface area contributed by atoms with Gasteiger partial charge >= 0.3 is 0 Å². The SMILES string of the molecule is [CH]1CCN(CCCCCCNCC2CCCCC2)CC1. The highest BCUT2D eigenvalue weighted by Gasteiger charge is 2.12. The molecule has 2 fully saturated rings. The molecule has 0 unspecified atom stereocenters. The summed E-state index contributed by atoms with van der Waals surface area (Å²) in [7, 11) is 0. The molecule has 117 valence electrons. The third-order valence-corrected chi connectivity index (χ3v) is 5.03. The largest absolute Gasteiger partial charge is 0.316 e. The number of piperidine rings is 1. The Hall–Kier alpha value is -0.0800. The summed E-state index contributed by atoms with van der Waals surface area (Å²) in [5, 5.41) is 3.68. The van der Waals surface area contributed by atoms with Crippen molar-refractivity contribution in [3.8, 4) is 0 Å². The summed E-state index contributed by atoms with van der Waals surface area (Å²) in [6.07, 6.45) is 18.0. The van der Waals surface area contributed by atoms with Crippen molar-refractivity contribution in [2.45, 2.75) is 70.6 Å². The fraction of sp³-hybridized carbons (Fsp3) is 0.944. The van der Waals surface area contributed by atoms with Crippen LogP contribution in [0.2, 0.25) is 0 Å². The molecule has 2 rings (SSSR count). The van der Waals surface area contributed by atoms with Crippen molar-refractivity contribution in [3.05, 3.63) is 6.42 Å². The Bertz CT molecular complexity index is 193. The van der Waals surface area contributed by atoms with Crippen molar-refractivity contribution in [1.82, 2.24) is 10.2 Å². The molecule has 1 aliphatic heterocycles. The minimum Gasteiger partial charge on any atom is -0.316 e. The standard InChI is InChI=1S/C18H35N2/c1(2-8-14-20-15-9-4-10-16-20)7-13-19-17-18-11-5-3-6-12-18/h4,18-19H,1-3,5-17H2. The average Bonchev–Trinajstić information content (AvgIpc) is 2.52. The van der Waals surface area contributed by atoms with E-state index in [1.807, 2.05) is 0 Å². The molecule has 1 saturated carbocycles. The average molecular weight is 279 g/mol. The Labute approximate surface area is 126 Å². The van der Waals surface area contributed by atoms with Gasteiger partial charge in [-0.3, -0.25) is 0 Å². The summed E-state index contributed by atoms with van der Waals surface area (Å²) in [5.41, 5.74) is 0. The van der Waals surface area contributed by atoms with Gasteiger partial charge in [0.1, 0.15) is 0 Å². The maximum Gasteiger partial charge on any atom is -0.00160 e. The first-order chi connectivity index (χ1) is 9.95. The van der Waals surface area contributed by atoms with Crippen molar-refractivity contribution in [2.75, 3.05) is 32.7 Å². The van der Waals surface area contributed by atoms with Gasteiger partial charge in [0.2, 0.25) is 0 Å². The van der Waals surface area contributed by atoms with Crippen molar-refractivity contribution >= 4 is 0 Å². The van der Waals surface area contributed by atoms with Crippen molar-refractivity contribution in [1.29, 1.82) is 0 Å². The van der Waals surface area contributed by atoms with E-state index in [0.29, 0.717) is 0 Å². The molecule has 0 bridgehead atoms. The number of hydrogen-bond donors (Lipinski definition) is 1. The summed E-state index contributed by atoms with van der Waals surface area (Å²) in [5.74, 6) is 0.986. The van der Waals surface area contributed by atoms with Crippen molar-refractivity contribution in [2.24, 2.45) is 5.92 Å². The van der Waals surface area contributed by atoms with Gasteiger partial charge in [0.25, 0.3) is 0 Å². The van der Waals surface area contributed by atoms with Crippen molar-refractivity contribution in [3.63, 3.8) is 0 Å². The second-order valence-electron chi connectivity index (χ2n) is 6.83. The molecule has 1 N–H and O–H groups in total. The molecule has 0 amide bonds. The minimum atomic E-state index is 0.986. The predicted octanol–water partition coefficient (Wildman–Crippen LogP) is 4.02. The minimum absolute atomic E-state index is 0.986. The zero-order chi connectivity index (χ0) is 13.9.